The van der Waals surface area contributed by atoms with E-state index >= 15 is 0 Å². The highest BCUT2D eigenvalue weighted by Gasteiger charge is 2.19. The number of nitrogens with two attached hydrogens (primary N) is 1. The van der Waals surface area contributed by atoms with Crippen molar-refractivity contribution in [2.75, 3.05) is 18.5 Å². The number of thioether (sulfide) groups is 1. The van der Waals surface area contributed by atoms with Gasteiger partial charge < -0.3 is 11.1 Å². The summed E-state index contributed by atoms with van der Waals surface area (Å²) in [6.45, 7) is 0.366. The van der Waals surface area contributed by atoms with Crippen LogP contribution in [0.15, 0.2) is 66.0 Å². The molecule has 10 heteroatoms. The molecule has 0 saturated heterocycles. The maximum Gasteiger partial charge on any atom is 0.269 e. The Morgan fingerprint density at radius 1 is 1.18 bits per heavy atom. The lowest BCUT2D eigenvalue weighted by atomic mass is 10.1. The minimum Gasteiger partial charge on any atom is -0.382 e. The normalized spacial score (nSPS) is 10.7. The van der Waals surface area contributed by atoms with Crippen molar-refractivity contribution in [3.05, 3.63) is 83.6 Å². The van der Waals surface area contributed by atoms with E-state index in [1.807, 2.05) is 36.6 Å². The summed E-state index contributed by atoms with van der Waals surface area (Å²) in [5.41, 5.74) is 8.84. The van der Waals surface area contributed by atoms with Crippen molar-refractivity contribution in [3.63, 3.8) is 0 Å². The molecule has 3 N–H and O–H groups in total. The summed E-state index contributed by atoms with van der Waals surface area (Å²) in [6.07, 6.45) is 4.39. The molecule has 8 nitrogen and oxygen atoms in total. The Hall–Kier alpha value is -4.10. The first-order valence-electron chi connectivity index (χ1n) is 10.5. The highest BCUT2D eigenvalue weighted by molar-refractivity contribution is 7.98. The average Bonchev–Trinajstić information content (AvgIpc) is 3.43. The third-order valence-electron chi connectivity index (χ3n) is 5.21. The molecule has 2 heterocycles. The van der Waals surface area contributed by atoms with Crippen molar-refractivity contribution >= 4 is 23.5 Å². The Bertz CT molecular complexity index is 1340. The summed E-state index contributed by atoms with van der Waals surface area (Å²) in [5.74, 6) is -0.361. The Kier molecular flexibility index (Phi) is 6.94. The number of rotatable bonds is 8. The molecule has 0 aliphatic heterocycles. The Morgan fingerprint density at radius 3 is 2.59 bits per heavy atom. The molecule has 0 bridgehead atoms. The smallest absolute Gasteiger partial charge is 0.269 e. The van der Waals surface area contributed by atoms with Crippen molar-refractivity contribution in [1.29, 1.82) is 5.26 Å². The minimum atomic E-state index is -0.354. The molecule has 2 aromatic heterocycles. The van der Waals surface area contributed by atoms with Gasteiger partial charge in [0.05, 0.1) is 17.6 Å². The molecule has 0 atom stereocenters. The quantitative estimate of drug-likeness (QED) is 0.296. The lowest BCUT2D eigenvalue weighted by molar-refractivity contribution is 0.0946. The van der Waals surface area contributed by atoms with Gasteiger partial charge in [-0.15, -0.1) is 0 Å². The maximum absolute atomic E-state index is 13.3. The molecule has 0 fully saturated rings. The first-order valence-corrected chi connectivity index (χ1v) is 11.7. The van der Waals surface area contributed by atoms with Gasteiger partial charge in [-0.05, 0) is 55.5 Å². The van der Waals surface area contributed by atoms with E-state index in [1.54, 1.807) is 21.4 Å². The highest BCUT2D eigenvalue weighted by atomic mass is 32.2. The first-order chi connectivity index (χ1) is 16.5. The lowest BCUT2D eigenvalue weighted by Crippen LogP contribution is -2.27. The number of nitrogens with zero attached hydrogens (tertiary/aromatic N) is 5. The molecule has 0 radical (unpaired) electrons. The fourth-order valence-electron chi connectivity index (χ4n) is 3.57. The molecule has 1 amide bonds. The number of carbonyl (C=O) groups excluding carboxylic acids is 1. The molecule has 2 aromatic carbocycles. The third-order valence-corrected chi connectivity index (χ3v) is 5.86. The Labute approximate surface area is 200 Å². The van der Waals surface area contributed by atoms with Gasteiger partial charge in [0, 0.05) is 12.2 Å². The summed E-state index contributed by atoms with van der Waals surface area (Å²) in [5, 5.41) is 17.6. The fraction of sp³-hybridized carbons (Fsp3) is 0.167. The number of aromatic nitrogens is 4. The van der Waals surface area contributed by atoms with Crippen molar-refractivity contribution in [1.82, 2.24) is 24.6 Å². The van der Waals surface area contributed by atoms with Crippen LogP contribution in [0, 0.1) is 17.1 Å². The van der Waals surface area contributed by atoms with Crippen LogP contribution in [-0.2, 0) is 6.42 Å². The molecular formula is C24H22FN7OS. The number of benzene rings is 2. The zero-order valence-corrected chi connectivity index (χ0v) is 19.2. The van der Waals surface area contributed by atoms with Gasteiger partial charge >= 0.3 is 0 Å². The van der Waals surface area contributed by atoms with E-state index in [9.17, 15) is 14.4 Å². The molecule has 4 aromatic rings. The summed E-state index contributed by atoms with van der Waals surface area (Å²) in [4.78, 5) is 17.2. The summed E-state index contributed by atoms with van der Waals surface area (Å²) < 4.78 is 16.6. The molecule has 34 heavy (non-hydrogen) atoms. The van der Waals surface area contributed by atoms with Gasteiger partial charge in [0.15, 0.2) is 5.16 Å². The van der Waals surface area contributed by atoms with Crippen LogP contribution < -0.4 is 11.1 Å². The van der Waals surface area contributed by atoms with E-state index in [4.69, 9.17) is 5.73 Å². The van der Waals surface area contributed by atoms with E-state index in [2.05, 4.69) is 21.5 Å². The second kappa shape index (κ2) is 10.2. The molecular weight excluding hydrogens is 453 g/mol. The SMILES string of the molecule is CSc1ncc(C(=O)NCCCc2nn(-c3ccccc3)c(N)c2C#N)n1-c1ccc(F)cc1. The number of hydrogen-bond donors (Lipinski definition) is 2. The van der Waals surface area contributed by atoms with Crippen LogP contribution in [0.1, 0.15) is 28.2 Å². The van der Waals surface area contributed by atoms with Gasteiger partial charge in [-0.3, -0.25) is 9.36 Å². The molecule has 0 spiro atoms. The number of imidazole rings is 1. The van der Waals surface area contributed by atoms with Crippen LogP contribution in [0.25, 0.3) is 11.4 Å². The number of amides is 1. The Balaban J connectivity index is 1.44. The third kappa shape index (κ3) is 4.65. The number of carbonyl (C=O) groups is 1. The van der Waals surface area contributed by atoms with Gasteiger partial charge in [0.2, 0.25) is 0 Å². The van der Waals surface area contributed by atoms with Crippen LogP contribution in [-0.4, -0.2) is 38.0 Å². The van der Waals surface area contributed by atoms with Crippen molar-refractivity contribution in [2.24, 2.45) is 0 Å². The number of para-hydroxylation sites is 1. The summed E-state index contributed by atoms with van der Waals surface area (Å²) >= 11 is 1.39. The number of halogens is 1. The number of hydrogen-bond acceptors (Lipinski definition) is 6. The minimum absolute atomic E-state index is 0.292. The predicted molar refractivity (Wildman–Crippen MR) is 129 cm³/mol. The van der Waals surface area contributed by atoms with Crippen LogP contribution in [0.5, 0.6) is 0 Å². The van der Waals surface area contributed by atoms with Gasteiger partial charge in [0.25, 0.3) is 5.91 Å². The van der Waals surface area contributed by atoms with Crippen molar-refractivity contribution in [3.8, 4) is 17.4 Å². The molecule has 0 aliphatic rings. The van der Waals surface area contributed by atoms with E-state index < -0.39 is 0 Å². The van der Waals surface area contributed by atoms with Crippen LogP contribution in [0.2, 0.25) is 0 Å². The lowest BCUT2D eigenvalue weighted by Gasteiger charge is -2.11. The topological polar surface area (TPSA) is 115 Å². The van der Waals surface area contributed by atoms with Crippen molar-refractivity contribution < 1.29 is 9.18 Å². The first kappa shape index (κ1) is 23.1. The van der Waals surface area contributed by atoms with E-state index in [0.717, 1.165) is 5.69 Å². The van der Waals surface area contributed by atoms with E-state index in [0.29, 0.717) is 53.0 Å². The molecule has 0 saturated carbocycles. The maximum atomic E-state index is 13.3. The monoisotopic (exact) mass is 475 g/mol. The van der Waals surface area contributed by atoms with Gasteiger partial charge in [-0.25, -0.2) is 14.1 Å². The predicted octanol–water partition coefficient (Wildman–Crippen LogP) is 3.74. The molecule has 0 unspecified atom stereocenters. The van der Waals surface area contributed by atoms with Crippen LogP contribution in [0.3, 0.4) is 0 Å². The van der Waals surface area contributed by atoms with E-state index in [-0.39, 0.29) is 11.7 Å². The average molecular weight is 476 g/mol. The Morgan fingerprint density at radius 2 is 1.91 bits per heavy atom. The molecule has 4 rings (SSSR count). The van der Waals surface area contributed by atoms with Gasteiger partial charge in [-0.2, -0.15) is 10.4 Å². The number of nitrogens with one attached hydrogen (secondary N) is 1. The summed E-state index contributed by atoms with van der Waals surface area (Å²) in [7, 11) is 0. The number of nitrogen functional groups attached to an aromatic ring is 1. The molecule has 172 valence electrons. The molecule has 0 aliphatic carbocycles. The fourth-order valence-corrected chi connectivity index (χ4v) is 4.11. The van der Waals surface area contributed by atoms with Crippen LogP contribution in [0.4, 0.5) is 10.2 Å². The van der Waals surface area contributed by atoms with Gasteiger partial charge in [-0.1, -0.05) is 30.0 Å². The second-order valence-electron chi connectivity index (χ2n) is 7.37. The highest BCUT2D eigenvalue weighted by Crippen LogP contribution is 2.23. The van der Waals surface area contributed by atoms with Crippen LogP contribution >= 0.6 is 11.8 Å². The number of anilines is 1. The summed E-state index contributed by atoms with van der Waals surface area (Å²) in [6, 6.07) is 17.4. The van der Waals surface area contributed by atoms with E-state index in [1.165, 1.54) is 30.1 Å². The number of nitriles is 1. The van der Waals surface area contributed by atoms with Gasteiger partial charge in [0.1, 0.15) is 29.0 Å². The zero-order valence-electron chi connectivity index (χ0n) is 18.4. The van der Waals surface area contributed by atoms with Crippen molar-refractivity contribution in [2.45, 2.75) is 18.0 Å². The zero-order chi connectivity index (χ0) is 24.1. The number of aryl methyl sites for hydroxylation is 1. The largest absolute Gasteiger partial charge is 0.382 e. The standard InChI is InChI=1S/C24H22FN7OS/c1-34-24-29-15-21(31(24)17-11-9-16(25)10-12-17)23(33)28-13-5-8-20-19(14-26)22(27)32(30-20)18-6-3-2-4-7-18/h2-4,6-7,9-12,15H,5,8,13,27H2,1H3,(H,28,33). The second-order valence-corrected chi connectivity index (χ2v) is 8.14.